The van der Waals surface area contributed by atoms with E-state index in [0.717, 1.165) is 10.6 Å². The quantitative estimate of drug-likeness (QED) is 0.291. The molecular formula is C13H13N3OS. The Morgan fingerprint density at radius 2 is 2.06 bits per heavy atom. The Balaban J connectivity index is 2.15. The second-order valence-electron chi connectivity index (χ2n) is 3.63. The molecule has 2 rings (SSSR count). The molecule has 0 saturated carbocycles. The highest BCUT2D eigenvalue weighted by Crippen LogP contribution is 2.25. The highest BCUT2D eigenvalue weighted by Gasteiger charge is 2.07. The molecular weight excluding hydrogens is 246 g/mol. The van der Waals surface area contributed by atoms with Crippen LogP contribution in [0.3, 0.4) is 0 Å². The summed E-state index contributed by atoms with van der Waals surface area (Å²) < 4.78 is 0. The van der Waals surface area contributed by atoms with E-state index in [1.807, 2.05) is 18.2 Å². The van der Waals surface area contributed by atoms with Crippen molar-refractivity contribution in [3.05, 3.63) is 59.9 Å². The number of rotatable bonds is 4. The first-order valence-electron chi connectivity index (χ1n) is 5.40. The van der Waals surface area contributed by atoms with Crippen LogP contribution in [0.15, 0.2) is 58.8 Å². The van der Waals surface area contributed by atoms with Crippen LogP contribution in [0.1, 0.15) is 11.1 Å². The molecule has 18 heavy (non-hydrogen) atoms. The van der Waals surface area contributed by atoms with Gasteiger partial charge < -0.3 is 10.9 Å². The minimum Gasteiger partial charge on any atom is -0.409 e. The van der Waals surface area contributed by atoms with Crippen molar-refractivity contribution in [1.29, 1.82) is 0 Å². The fourth-order valence-electron chi connectivity index (χ4n) is 1.50. The summed E-state index contributed by atoms with van der Waals surface area (Å²) in [4.78, 5) is 4.96. The molecule has 0 aliphatic rings. The van der Waals surface area contributed by atoms with Crippen molar-refractivity contribution >= 4 is 17.6 Å². The fourth-order valence-corrected chi connectivity index (χ4v) is 2.47. The molecule has 1 aromatic heterocycles. The van der Waals surface area contributed by atoms with Gasteiger partial charge in [-0.1, -0.05) is 35.5 Å². The lowest BCUT2D eigenvalue weighted by molar-refractivity contribution is 0.318. The molecule has 0 amide bonds. The van der Waals surface area contributed by atoms with Crippen molar-refractivity contribution in [3.63, 3.8) is 0 Å². The van der Waals surface area contributed by atoms with E-state index in [0.29, 0.717) is 5.56 Å². The van der Waals surface area contributed by atoms with E-state index in [-0.39, 0.29) is 5.84 Å². The van der Waals surface area contributed by atoms with Crippen LogP contribution in [0.4, 0.5) is 0 Å². The summed E-state index contributed by atoms with van der Waals surface area (Å²) >= 11 is 1.61. The summed E-state index contributed by atoms with van der Waals surface area (Å²) in [6, 6.07) is 11.9. The average Bonchev–Trinajstić information content (AvgIpc) is 2.45. The number of nitrogens with two attached hydrogens (primary N) is 1. The van der Waals surface area contributed by atoms with Crippen LogP contribution in [0.2, 0.25) is 0 Å². The van der Waals surface area contributed by atoms with Crippen molar-refractivity contribution in [3.8, 4) is 0 Å². The number of hydrogen-bond donors (Lipinski definition) is 2. The molecule has 0 aliphatic carbocycles. The van der Waals surface area contributed by atoms with Gasteiger partial charge in [-0.05, 0) is 11.6 Å². The van der Waals surface area contributed by atoms with Crippen molar-refractivity contribution in [1.82, 2.24) is 4.98 Å². The first kappa shape index (κ1) is 12.4. The van der Waals surface area contributed by atoms with Gasteiger partial charge in [0.15, 0.2) is 5.84 Å². The maximum Gasteiger partial charge on any atom is 0.171 e. The van der Waals surface area contributed by atoms with E-state index in [1.54, 1.807) is 30.2 Å². The van der Waals surface area contributed by atoms with E-state index < -0.39 is 0 Å². The van der Waals surface area contributed by atoms with Gasteiger partial charge in [-0.15, -0.1) is 11.8 Å². The van der Waals surface area contributed by atoms with Crippen molar-refractivity contribution < 1.29 is 5.21 Å². The molecule has 5 heteroatoms. The molecule has 4 nitrogen and oxygen atoms in total. The van der Waals surface area contributed by atoms with E-state index >= 15 is 0 Å². The number of thioether (sulfide) groups is 1. The van der Waals surface area contributed by atoms with Crippen molar-refractivity contribution in [2.24, 2.45) is 10.9 Å². The van der Waals surface area contributed by atoms with Gasteiger partial charge >= 0.3 is 0 Å². The number of nitrogens with zero attached hydrogens (tertiary/aromatic N) is 2. The summed E-state index contributed by atoms with van der Waals surface area (Å²) in [5.74, 6) is 0.922. The Hall–Kier alpha value is -2.01. The van der Waals surface area contributed by atoms with Crippen LogP contribution in [-0.2, 0) is 5.75 Å². The molecule has 2 aromatic rings. The molecule has 0 saturated heterocycles. The Morgan fingerprint density at radius 1 is 1.28 bits per heavy atom. The predicted octanol–water partition coefficient (Wildman–Crippen LogP) is 2.47. The van der Waals surface area contributed by atoms with Gasteiger partial charge in [0.05, 0.1) is 0 Å². The number of pyridine rings is 1. The molecule has 0 fully saturated rings. The van der Waals surface area contributed by atoms with Crippen molar-refractivity contribution in [2.45, 2.75) is 10.6 Å². The summed E-state index contributed by atoms with van der Waals surface area (Å²) in [6.07, 6.45) is 3.35. The van der Waals surface area contributed by atoms with Crippen LogP contribution in [0.25, 0.3) is 0 Å². The van der Waals surface area contributed by atoms with Crippen LogP contribution in [0.5, 0.6) is 0 Å². The second kappa shape index (κ2) is 6.07. The Kier molecular flexibility index (Phi) is 4.20. The van der Waals surface area contributed by atoms with Gasteiger partial charge in [0.2, 0.25) is 0 Å². The summed E-state index contributed by atoms with van der Waals surface area (Å²) in [7, 11) is 0. The van der Waals surface area contributed by atoms with Crippen molar-refractivity contribution in [2.75, 3.05) is 0 Å². The van der Waals surface area contributed by atoms with Gasteiger partial charge in [-0.2, -0.15) is 0 Å². The van der Waals surface area contributed by atoms with E-state index in [1.165, 1.54) is 5.56 Å². The number of aromatic nitrogens is 1. The standard InChI is InChI=1S/C13H13N3OS/c14-13(16-17)11-6-7-15-8-12(11)18-9-10-4-2-1-3-5-10/h1-8,17H,9H2,(H2,14,16). The third-order valence-electron chi connectivity index (χ3n) is 2.41. The summed E-state index contributed by atoms with van der Waals surface area (Å²) in [5, 5.41) is 11.8. The third-order valence-corrected chi connectivity index (χ3v) is 3.52. The maximum atomic E-state index is 8.73. The topological polar surface area (TPSA) is 71.5 Å². The summed E-state index contributed by atoms with van der Waals surface area (Å²) in [6.45, 7) is 0. The first-order valence-corrected chi connectivity index (χ1v) is 6.38. The Bertz CT molecular complexity index is 543. The third kappa shape index (κ3) is 3.01. The minimum atomic E-state index is 0.105. The van der Waals surface area contributed by atoms with Crippen LogP contribution in [0, 0.1) is 0 Å². The molecule has 0 spiro atoms. The normalized spacial score (nSPS) is 11.4. The molecule has 92 valence electrons. The zero-order valence-electron chi connectivity index (χ0n) is 9.65. The van der Waals surface area contributed by atoms with Crippen LogP contribution >= 0.6 is 11.8 Å². The van der Waals surface area contributed by atoms with E-state index in [9.17, 15) is 0 Å². The molecule has 0 radical (unpaired) electrons. The molecule has 0 atom stereocenters. The lowest BCUT2D eigenvalue weighted by Crippen LogP contribution is -2.14. The van der Waals surface area contributed by atoms with Crippen LogP contribution in [-0.4, -0.2) is 16.0 Å². The van der Waals surface area contributed by atoms with Gasteiger partial charge in [-0.3, -0.25) is 4.98 Å². The zero-order chi connectivity index (χ0) is 12.8. The smallest absolute Gasteiger partial charge is 0.171 e. The highest BCUT2D eigenvalue weighted by atomic mass is 32.2. The Morgan fingerprint density at radius 3 is 2.78 bits per heavy atom. The molecule has 1 heterocycles. The van der Waals surface area contributed by atoms with Crippen LogP contribution < -0.4 is 5.73 Å². The van der Waals surface area contributed by atoms with E-state index in [2.05, 4.69) is 22.3 Å². The molecule has 1 aromatic carbocycles. The van der Waals surface area contributed by atoms with Gasteiger partial charge in [0, 0.05) is 28.6 Å². The monoisotopic (exact) mass is 259 g/mol. The first-order chi connectivity index (χ1) is 8.81. The lowest BCUT2D eigenvalue weighted by atomic mass is 10.2. The molecule has 0 unspecified atom stereocenters. The van der Waals surface area contributed by atoms with Gasteiger partial charge in [-0.25, -0.2) is 0 Å². The van der Waals surface area contributed by atoms with Gasteiger partial charge in [0.25, 0.3) is 0 Å². The lowest BCUT2D eigenvalue weighted by Gasteiger charge is -2.06. The number of hydrogen-bond acceptors (Lipinski definition) is 4. The Labute approximate surface area is 110 Å². The SMILES string of the molecule is N/C(=N/O)c1ccncc1SCc1ccccc1. The number of benzene rings is 1. The largest absolute Gasteiger partial charge is 0.409 e. The molecule has 0 bridgehead atoms. The minimum absolute atomic E-state index is 0.105. The molecule has 3 N–H and O–H groups in total. The maximum absolute atomic E-state index is 8.73. The second-order valence-corrected chi connectivity index (χ2v) is 4.65. The number of oxime groups is 1. The number of amidine groups is 1. The predicted molar refractivity (Wildman–Crippen MR) is 72.8 cm³/mol. The fraction of sp³-hybridized carbons (Fsp3) is 0.0769. The van der Waals surface area contributed by atoms with E-state index in [4.69, 9.17) is 10.9 Å². The molecule has 0 aliphatic heterocycles. The zero-order valence-corrected chi connectivity index (χ0v) is 10.5. The van der Waals surface area contributed by atoms with Gasteiger partial charge in [0.1, 0.15) is 0 Å². The average molecular weight is 259 g/mol. The highest BCUT2D eigenvalue weighted by molar-refractivity contribution is 7.98. The summed E-state index contributed by atoms with van der Waals surface area (Å²) in [5.41, 5.74) is 7.54.